The molecule has 0 unspecified atom stereocenters. The van der Waals surface area contributed by atoms with Crippen LogP contribution in [0.15, 0.2) is 64.5 Å². The fraction of sp³-hybridized carbons (Fsp3) is 0.105. The number of carbonyl (C=O) groups excluding carboxylic acids is 1. The SMILES string of the molecule is CO.CO.O=C(N/N=C/c1cc2ccccc2[nH]c1=O)c1ccc([O-])cc1.O=[N+]([O-])[O-].[Cu+2]. The van der Waals surface area contributed by atoms with Crippen molar-refractivity contribution >= 4 is 23.0 Å². The van der Waals surface area contributed by atoms with Crippen LogP contribution >= 0.6 is 0 Å². The van der Waals surface area contributed by atoms with Crippen molar-refractivity contribution in [2.24, 2.45) is 5.10 Å². The van der Waals surface area contributed by atoms with E-state index in [9.17, 15) is 14.7 Å². The predicted molar refractivity (Wildman–Crippen MR) is 112 cm³/mol. The number of hydrogen-bond acceptors (Lipinski definition) is 9. The van der Waals surface area contributed by atoms with Gasteiger partial charge in [0.05, 0.1) is 16.9 Å². The maximum atomic E-state index is 11.9. The molecule has 0 saturated heterocycles. The minimum absolute atomic E-state index is 0. The second-order valence-electron chi connectivity index (χ2n) is 5.09. The van der Waals surface area contributed by atoms with E-state index in [2.05, 4.69) is 15.5 Å². The van der Waals surface area contributed by atoms with Crippen LogP contribution < -0.4 is 16.1 Å². The summed E-state index contributed by atoms with van der Waals surface area (Å²) in [4.78, 5) is 34.7. The number of hydrogen-bond donors (Lipinski definition) is 4. The number of nitrogens with zero attached hydrogens (tertiary/aromatic N) is 2. The Balaban J connectivity index is 0. The number of fused-ring (bicyclic) bond motifs is 1. The van der Waals surface area contributed by atoms with Crippen molar-refractivity contribution in [1.29, 1.82) is 0 Å². The number of para-hydroxylation sites is 1. The molecule has 12 nitrogen and oxygen atoms in total. The molecule has 0 bridgehead atoms. The molecule has 1 radical (unpaired) electrons. The molecule has 3 aromatic rings. The van der Waals surface area contributed by atoms with Crippen LogP contribution in [-0.2, 0) is 17.1 Å². The van der Waals surface area contributed by atoms with Gasteiger partial charge in [0.1, 0.15) is 0 Å². The molecule has 0 saturated carbocycles. The average Bonchev–Trinajstić information content (AvgIpc) is 2.77. The quantitative estimate of drug-likeness (QED) is 0.172. The molecule has 1 amide bonds. The molecule has 32 heavy (non-hydrogen) atoms. The molecule has 2 aromatic carbocycles. The summed E-state index contributed by atoms with van der Waals surface area (Å²) < 4.78 is 0. The van der Waals surface area contributed by atoms with Crippen LogP contribution in [-0.4, -0.2) is 46.6 Å². The van der Waals surface area contributed by atoms with Crippen LogP contribution in [0.5, 0.6) is 5.75 Å². The number of carbonyl (C=O) groups is 1. The number of aromatic nitrogens is 1. The minimum atomic E-state index is -1.75. The Bertz CT molecular complexity index is 1050. The van der Waals surface area contributed by atoms with Gasteiger partial charge in [0.15, 0.2) is 0 Å². The maximum absolute atomic E-state index is 11.9. The first-order valence-corrected chi connectivity index (χ1v) is 8.30. The molecule has 0 spiro atoms. The van der Waals surface area contributed by atoms with E-state index >= 15 is 0 Å². The summed E-state index contributed by atoms with van der Waals surface area (Å²) in [5.74, 6) is -0.633. The van der Waals surface area contributed by atoms with Gasteiger partial charge in [-0.1, -0.05) is 42.5 Å². The van der Waals surface area contributed by atoms with Crippen molar-refractivity contribution in [3.05, 3.63) is 91.4 Å². The van der Waals surface area contributed by atoms with Gasteiger partial charge in [-0.15, -0.1) is 5.75 Å². The fourth-order valence-corrected chi connectivity index (χ4v) is 2.09. The van der Waals surface area contributed by atoms with Gasteiger partial charge in [-0.25, -0.2) is 5.43 Å². The number of aliphatic hydroxyl groups is 2. The van der Waals surface area contributed by atoms with E-state index in [1.165, 1.54) is 30.5 Å². The molecule has 0 fully saturated rings. The standard InChI is InChI=1S/C17H13N3O3.2CH4O.Cu.NO3/c21-14-7-5-11(6-8-14)17(23)20-18-10-13-9-12-3-1-2-4-15(12)19-16(13)22;2*1-2;;2-1(3)4/h1-10,21H,(H,19,22)(H,20,23);2*2H,1H3;;/q;;;+2;-1/p-1/b18-10+;;;;. The zero-order valence-corrected chi connectivity index (χ0v) is 17.8. The zero-order chi connectivity index (χ0) is 23.8. The van der Waals surface area contributed by atoms with E-state index < -0.39 is 11.0 Å². The molecule has 3 rings (SSSR count). The first kappa shape index (κ1) is 30.4. The molecule has 13 heteroatoms. The van der Waals surface area contributed by atoms with Crippen LogP contribution in [0.25, 0.3) is 10.9 Å². The number of aromatic amines is 1. The summed E-state index contributed by atoms with van der Waals surface area (Å²) in [7, 11) is 2.00. The second-order valence-corrected chi connectivity index (χ2v) is 5.09. The number of rotatable bonds is 3. The van der Waals surface area contributed by atoms with Gasteiger partial charge < -0.3 is 35.6 Å². The van der Waals surface area contributed by atoms with Crippen molar-refractivity contribution in [3.63, 3.8) is 0 Å². The molecule has 0 aliphatic carbocycles. The van der Waals surface area contributed by atoms with E-state index in [1.54, 1.807) is 12.1 Å². The van der Waals surface area contributed by atoms with Crippen LogP contribution in [0.3, 0.4) is 0 Å². The van der Waals surface area contributed by atoms with Crippen LogP contribution in [0.1, 0.15) is 15.9 Å². The Hall–Kier alpha value is -3.77. The van der Waals surface area contributed by atoms with Crippen molar-refractivity contribution in [2.45, 2.75) is 0 Å². The van der Waals surface area contributed by atoms with Gasteiger partial charge in [0, 0.05) is 25.3 Å². The number of H-pyrrole nitrogens is 1. The normalized spacial score (nSPS) is 9.00. The summed E-state index contributed by atoms with van der Waals surface area (Å²) in [6, 6.07) is 14.5. The van der Waals surface area contributed by atoms with Gasteiger partial charge in [-0.2, -0.15) is 5.10 Å². The van der Waals surface area contributed by atoms with Crippen molar-refractivity contribution in [3.8, 4) is 5.75 Å². The summed E-state index contributed by atoms with van der Waals surface area (Å²) in [6.45, 7) is 0. The molecule has 175 valence electrons. The van der Waals surface area contributed by atoms with Crippen LogP contribution in [0.2, 0.25) is 0 Å². The van der Waals surface area contributed by atoms with Crippen LogP contribution in [0.4, 0.5) is 0 Å². The number of benzene rings is 2. The number of amides is 1. The monoisotopic (exact) mass is 495 g/mol. The number of pyridine rings is 1. The van der Waals surface area contributed by atoms with Crippen molar-refractivity contribution in [1.82, 2.24) is 10.4 Å². The largest absolute Gasteiger partial charge is 2.00 e. The molecule has 4 N–H and O–H groups in total. The molecule has 0 aliphatic rings. The third kappa shape index (κ3) is 10.8. The minimum Gasteiger partial charge on any atom is -0.872 e. The smallest absolute Gasteiger partial charge is 0.872 e. The third-order valence-electron chi connectivity index (χ3n) is 3.27. The Morgan fingerprint density at radius 2 is 1.59 bits per heavy atom. The Morgan fingerprint density at radius 1 is 1.06 bits per heavy atom. The van der Waals surface area contributed by atoms with Gasteiger partial charge in [0.2, 0.25) is 0 Å². The van der Waals surface area contributed by atoms with Crippen molar-refractivity contribution in [2.75, 3.05) is 14.2 Å². The summed E-state index contributed by atoms with van der Waals surface area (Å²) in [5.41, 5.74) is 3.40. The van der Waals surface area contributed by atoms with E-state index in [1.807, 2.05) is 18.2 Å². The summed E-state index contributed by atoms with van der Waals surface area (Å²) in [6.07, 6.45) is 1.28. The van der Waals surface area contributed by atoms with Gasteiger partial charge >= 0.3 is 17.1 Å². The Morgan fingerprint density at radius 3 is 2.16 bits per heavy atom. The van der Waals surface area contributed by atoms with Gasteiger partial charge in [-0.3, -0.25) is 9.59 Å². The first-order chi connectivity index (χ1) is 14.9. The van der Waals surface area contributed by atoms with Crippen molar-refractivity contribution < 1.29 is 42.3 Å². The van der Waals surface area contributed by atoms with Gasteiger partial charge in [0.25, 0.3) is 11.5 Å². The molecular weight excluding hydrogens is 476 g/mol. The Labute approximate surface area is 192 Å². The fourth-order valence-electron chi connectivity index (χ4n) is 2.09. The average molecular weight is 496 g/mol. The maximum Gasteiger partial charge on any atom is 2.00 e. The predicted octanol–water partition coefficient (Wildman–Crippen LogP) is 0.341. The zero-order valence-electron chi connectivity index (χ0n) is 16.8. The van der Waals surface area contributed by atoms with E-state index in [0.29, 0.717) is 11.1 Å². The second kappa shape index (κ2) is 17.0. The molecule has 0 atom stereocenters. The number of nitrogens with one attached hydrogen (secondary N) is 2. The third-order valence-corrected chi connectivity index (χ3v) is 3.27. The molecule has 1 heterocycles. The molecule has 0 aliphatic heterocycles. The first-order valence-electron chi connectivity index (χ1n) is 8.30. The summed E-state index contributed by atoms with van der Waals surface area (Å²) in [5, 5.41) is 44.4. The number of hydrazone groups is 1. The van der Waals surface area contributed by atoms with Crippen LogP contribution in [0, 0.1) is 15.3 Å². The Kier molecular flexibility index (Phi) is 16.1. The summed E-state index contributed by atoms with van der Waals surface area (Å²) >= 11 is 0. The van der Waals surface area contributed by atoms with Gasteiger partial charge in [-0.05, 0) is 17.5 Å². The molecule has 1 aromatic heterocycles. The van der Waals surface area contributed by atoms with E-state index in [0.717, 1.165) is 25.1 Å². The van der Waals surface area contributed by atoms with E-state index in [-0.39, 0.29) is 28.4 Å². The number of aliphatic hydroxyl groups excluding tert-OH is 2. The van der Waals surface area contributed by atoms with E-state index in [4.69, 9.17) is 25.5 Å². The topological polar surface area (TPSA) is 204 Å². The molecular formula is C19H20CuN4O8.